The van der Waals surface area contributed by atoms with Crippen molar-refractivity contribution in [2.24, 2.45) is 0 Å². The summed E-state index contributed by atoms with van der Waals surface area (Å²) in [5.74, 6) is 1.62. The molecule has 1 N–H and O–H groups in total. The molecule has 5 nitrogen and oxygen atoms in total. The van der Waals surface area contributed by atoms with Crippen molar-refractivity contribution in [3.05, 3.63) is 47.2 Å². The Morgan fingerprint density at radius 1 is 1.25 bits per heavy atom. The minimum Gasteiger partial charge on any atom is -0.311 e. The number of hydrogen-bond acceptors (Lipinski definition) is 3. The van der Waals surface area contributed by atoms with Gasteiger partial charge in [0, 0.05) is 22.8 Å². The molecule has 0 unspecified atom stereocenters. The van der Waals surface area contributed by atoms with Gasteiger partial charge in [-0.1, -0.05) is 30.3 Å². The highest BCUT2D eigenvalue weighted by molar-refractivity contribution is 7.83. The number of rotatable bonds is 4. The first-order valence-electron chi connectivity index (χ1n) is 8.14. The summed E-state index contributed by atoms with van der Waals surface area (Å²) in [6.45, 7) is 6.14. The minimum absolute atomic E-state index is 0.0373. The molecule has 0 spiro atoms. The molecule has 1 aliphatic heterocycles. The van der Waals surface area contributed by atoms with E-state index in [9.17, 15) is 9.00 Å². The Labute approximate surface area is 144 Å². The lowest BCUT2D eigenvalue weighted by molar-refractivity contribution is -0.116. The van der Waals surface area contributed by atoms with Gasteiger partial charge in [0.05, 0.1) is 22.7 Å². The molecule has 1 aromatic heterocycles. The first-order valence-corrected chi connectivity index (χ1v) is 9.63. The van der Waals surface area contributed by atoms with E-state index in [0.717, 1.165) is 16.8 Å². The van der Waals surface area contributed by atoms with Gasteiger partial charge in [-0.15, -0.1) is 0 Å². The number of amides is 1. The van der Waals surface area contributed by atoms with Crippen LogP contribution in [0.1, 0.15) is 44.0 Å². The van der Waals surface area contributed by atoms with Gasteiger partial charge in [0.25, 0.3) is 0 Å². The van der Waals surface area contributed by atoms with Crippen molar-refractivity contribution in [3.8, 4) is 0 Å². The average molecular weight is 345 g/mol. The molecule has 1 amide bonds. The van der Waals surface area contributed by atoms with Gasteiger partial charge in [0.15, 0.2) is 0 Å². The second-order valence-corrected chi connectivity index (χ2v) is 8.58. The van der Waals surface area contributed by atoms with Crippen LogP contribution in [-0.4, -0.2) is 19.9 Å². The lowest BCUT2D eigenvalue weighted by Gasteiger charge is -2.23. The molecule has 0 radical (unpaired) electrons. The highest BCUT2D eigenvalue weighted by Gasteiger charge is 2.31. The van der Waals surface area contributed by atoms with Crippen LogP contribution in [0.5, 0.6) is 0 Å². The summed E-state index contributed by atoms with van der Waals surface area (Å²) in [4.78, 5) is 12.4. The zero-order valence-corrected chi connectivity index (χ0v) is 15.2. The number of anilines is 1. The van der Waals surface area contributed by atoms with Gasteiger partial charge < -0.3 is 5.32 Å². The highest BCUT2D eigenvalue weighted by Crippen LogP contribution is 2.32. The summed E-state index contributed by atoms with van der Waals surface area (Å²) in [5.41, 5.74) is 2.68. The Morgan fingerprint density at radius 2 is 1.96 bits per heavy atom. The van der Waals surface area contributed by atoms with Gasteiger partial charge in [-0.25, -0.2) is 4.68 Å². The Morgan fingerprint density at radius 3 is 2.62 bits per heavy atom. The maximum Gasteiger partial charge on any atom is 0.225 e. The number of carbonyl (C=O) groups excluding carboxylic acids is 1. The van der Waals surface area contributed by atoms with Gasteiger partial charge in [0.2, 0.25) is 5.91 Å². The zero-order chi connectivity index (χ0) is 17.3. The van der Waals surface area contributed by atoms with Crippen LogP contribution >= 0.6 is 0 Å². The van der Waals surface area contributed by atoms with Crippen molar-refractivity contribution in [2.75, 3.05) is 5.32 Å². The van der Waals surface area contributed by atoms with Crippen LogP contribution in [0.15, 0.2) is 30.3 Å². The van der Waals surface area contributed by atoms with Crippen LogP contribution in [-0.2, 0) is 39.1 Å². The molecule has 0 bridgehead atoms. The first kappa shape index (κ1) is 16.9. The number of benzene rings is 1. The third kappa shape index (κ3) is 3.59. The fourth-order valence-electron chi connectivity index (χ4n) is 2.84. The lowest BCUT2D eigenvalue weighted by Crippen LogP contribution is -2.27. The minimum atomic E-state index is -0.909. The number of aryl methyl sites for hydroxylation is 1. The third-order valence-corrected chi connectivity index (χ3v) is 5.25. The smallest absolute Gasteiger partial charge is 0.225 e. The van der Waals surface area contributed by atoms with Crippen LogP contribution in [0.2, 0.25) is 0 Å². The molecular formula is C18H23N3O2S. The van der Waals surface area contributed by atoms with E-state index < -0.39 is 10.8 Å². The van der Waals surface area contributed by atoms with Crippen molar-refractivity contribution >= 4 is 22.5 Å². The SMILES string of the molecule is CC(C)(C)n1nc2c(c1NC(=O)CCc1ccccc1)C[S@@](=O)C2. The standard InChI is InChI=1S/C18H23N3O2S/c1-18(2,3)21-17(14-11-24(23)12-15(14)20-21)19-16(22)10-9-13-7-5-4-6-8-13/h4-8H,9-12H2,1-3H3,(H,19,22)/t24-/m1/s1. The van der Waals surface area contributed by atoms with Gasteiger partial charge in [-0.2, -0.15) is 5.10 Å². The van der Waals surface area contributed by atoms with Gasteiger partial charge in [-0.05, 0) is 32.8 Å². The van der Waals surface area contributed by atoms with E-state index in [4.69, 9.17) is 0 Å². The van der Waals surface area contributed by atoms with E-state index in [1.165, 1.54) is 0 Å². The molecule has 1 aromatic carbocycles. The number of aromatic nitrogens is 2. The molecule has 0 aliphatic carbocycles. The largest absolute Gasteiger partial charge is 0.311 e. The van der Waals surface area contributed by atoms with E-state index in [-0.39, 0.29) is 11.4 Å². The van der Waals surface area contributed by atoms with E-state index in [1.54, 1.807) is 0 Å². The molecule has 0 saturated heterocycles. The maximum absolute atomic E-state index is 12.4. The summed E-state index contributed by atoms with van der Waals surface area (Å²) >= 11 is 0. The van der Waals surface area contributed by atoms with Gasteiger partial charge >= 0.3 is 0 Å². The predicted octanol–water partition coefficient (Wildman–Crippen LogP) is 2.97. The van der Waals surface area contributed by atoms with E-state index in [0.29, 0.717) is 30.2 Å². The molecule has 0 fully saturated rings. The Bertz CT molecular complexity index is 776. The Balaban J connectivity index is 1.76. The summed E-state index contributed by atoms with van der Waals surface area (Å²) in [6, 6.07) is 9.96. The highest BCUT2D eigenvalue weighted by atomic mass is 32.2. The normalized spacial score (nSPS) is 16.9. The topological polar surface area (TPSA) is 64.0 Å². The molecule has 1 aliphatic rings. The Hall–Kier alpha value is -1.95. The van der Waals surface area contributed by atoms with E-state index in [2.05, 4.69) is 10.4 Å². The molecule has 2 aromatic rings. The molecule has 1 atom stereocenters. The number of fused-ring (bicyclic) bond motifs is 1. The van der Waals surface area contributed by atoms with Crippen LogP contribution < -0.4 is 5.32 Å². The van der Waals surface area contributed by atoms with Crippen LogP contribution in [0.25, 0.3) is 0 Å². The van der Waals surface area contributed by atoms with Crippen molar-refractivity contribution in [1.82, 2.24) is 9.78 Å². The summed E-state index contributed by atoms with van der Waals surface area (Å²) in [7, 11) is -0.909. The van der Waals surface area contributed by atoms with Crippen LogP contribution in [0, 0.1) is 0 Å². The molecule has 0 saturated carbocycles. The second kappa shape index (κ2) is 6.51. The summed E-state index contributed by atoms with van der Waals surface area (Å²) < 4.78 is 13.7. The molecule has 24 heavy (non-hydrogen) atoms. The van der Waals surface area contributed by atoms with Gasteiger partial charge in [-0.3, -0.25) is 9.00 Å². The van der Waals surface area contributed by atoms with Crippen LogP contribution in [0.4, 0.5) is 5.82 Å². The summed E-state index contributed by atoms with van der Waals surface area (Å²) in [5, 5.41) is 7.61. The van der Waals surface area contributed by atoms with Crippen molar-refractivity contribution in [1.29, 1.82) is 0 Å². The number of nitrogens with zero attached hydrogens (tertiary/aromatic N) is 2. The number of carbonyl (C=O) groups is 1. The van der Waals surface area contributed by atoms with E-state index in [1.807, 2.05) is 55.8 Å². The quantitative estimate of drug-likeness (QED) is 0.926. The van der Waals surface area contributed by atoms with Crippen molar-refractivity contribution < 1.29 is 9.00 Å². The van der Waals surface area contributed by atoms with Crippen LogP contribution in [0.3, 0.4) is 0 Å². The van der Waals surface area contributed by atoms with E-state index >= 15 is 0 Å². The molecule has 2 heterocycles. The van der Waals surface area contributed by atoms with Crippen molar-refractivity contribution in [3.63, 3.8) is 0 Å². The second-order valence-electron chi connectivity index (χ2n) is 7.12. The maximum atomic E-state index is 12.4. The molecule has 6 heteroatoms. The number of hydrogen-bond donors (Lipinski definition) is 1. The fraction of sp³-hybridized carbons (Fsp3) is 0.444. The zero-order valence-electron chi connectivity index (χ0n) is 14.3. The first-order chi connectivity index (χ1) is 11.3. The fourth-order valence-corrected chi connectivity index (χ4v) is 4.10. The summed E-state index contributed by atoms with van der Waals surface area (Å²) in [6.07, 6.45) is 1.11. The lowest BCUT2D eigenvalue weighted by atomic mass is 10.1. The van der Waals surface area contributed by atoms with Crippen molar-refractivity contribution in [2.45, 2.75) is 50.7 Å². The third-order valence-electron chi connectivity index (χ3n) is 4.05. The molecule has 128 valence electrons. The number of nitrogens with one attached hydrogen (secondary N) is 1. The molecular weight excluding hydrogens is 322 g/mol. The Kier molecular flexibility index (Phi) is 4.58. The monoisotopic (exact) mass is 345 g/mol. The predicted molar refractivity (Wildman–Crippen MR) is 96.2 cm³/mol. The van der Waals surface area contributed by atoms with Gasteiger partial charge in [0.1, 0.15) is 5.82 Å². The average Bonchev–Trinajstić information content (AvgIpc) is 3.03. The molecule has 3 rings (SSSR count).